The van der Waals surface area contributed by atoms with E-state index in [0.717, 1.165) is 16.2 Å². The summed E-state index contributed by atoms with van der Waals surface area (Å²) < 4.78 is 10.5. The molecule has 0 saturated heterocycles. The standard InChI is InChI=1S/C24H27NO4SSi/c1-28-23(27)25-21-13-9-8-12-19(21)20-16-17(29-31(2,3)4)14-15-24(20,22(25)26)30-18-10-6-5-7-11-18/h5-14,20H,15-16H2,1-4H3/t20-,24+/m0/s1. The molecule has 7 heteroatoms. The highest BCUT2D eigenvalue weighted by Crippen LogP contribution is 2.57. The smallest absolute Gasteiger partial charge is 0.420 e. The third-order valence-corrected chi connectivity index (χ3v) is 7.93. The molecule has 0 fully saturated rings. The second kappa shape index (κ2) is 8.20. The number of allylic oxidation sites excluding steroid dienone is 2. The first-order chi connectivity index (χ1) is 14.7. The molecule has 2 aromatic rings. The summed E-state index contributed by atoms with van der Waals surface area (Å²) in [6.07, 6.45) is 2.50. The average Bonchev–Trinajstić information content (AvgIpc) is 2.74. The number of methoxy groups -OCH3 is 1. The molecule has 2 amide bonds. The zero-order chi connectivity index (χ0) is 22.2. The van der Waals surface area contributed by atoms with Crippen molar-refractivity contribution in [3.05, 3.63) is 72.0 Å². The van der Waals surface area contributed by atoms with Gasteiger partial charge in [-0.15, -0.1) is 11.8 Å². The van der Waals surface area contributed by atoms with Crippen LogP contribution in [0.2, 0.25) is 19.6 Å². The number of benzene rings is 2. The Morgan fingerprint density at radius 3 is 2.45 bits per heavy atom. The Labute approximate surface area is 188 Å². The number of hydrogen-bond acceptors (Lipinski definition) is 5. The van der Waals surface area contributed by atoms with Crippen molar-refractivity contribution < 1.29 is 18.8 Å². The lowest BCUT2D eigenvalue weighted by atomic mass is 9.73. The highest BCUT2D eigenvalue weighted by Gasteiger charge is 2.56. The number of thioether (sulfide) groups is 1. The average molecular weight is 454 g/mol. The van der Waals surface area contributed by atoms with Gasteiger partial charge in [0.1, 0.15) is 4.75 Å². The van der Waals surface area contributed by atoms with Gasteiger partial charge in [-0.1, -0.05) is 36.4 Å². The molecule has 5 nitrogen and oxygen atoms in total. The van der Waals surface area contributed by atoms with E-state index in [1.165, 1.54) is 23.8 Å². The van der Waals surface area contributed by atoms with Crippen molar-refractivity contribution >= 4 is 37.8 Å². The van der Waals surface area contributed by atoms with E-state index in [1.807, 2.05) is 60.7 Å². The number of imide groups is 1. The summed E-state index contributed by atoms with van der Waals surface area (Å²) in [5, 5.41) is 0. The largest absolute Gasteiger partial charge is 0.548 e. The Kier molecular flexibility index (Phi) is 5.74. The minimum Gasteiger partial charge on any atom is -0.548 e. The zero-order valence-corrected chi connectivity index (χ0v) is 20.1. The highest BCUT2D eigenvalue weighted by molar-refractivity contribution is 8.01. The summed E-state index contributed by atoms with van der Waals surface area (Å²) in [4.78, 5) is 28.9. The number of carbonyl (C=O) groups is 2. The van der Waals surface area contributed by atoms with E-state index in [-0.39, 0.29) is 11.8 Å². The third kappa shape index (κ3) is 4.04. The van der Waals surface area contributed by atoms with Crippen LogP contribution in [0, 0.1) is 0 Å². The Morgan fingerprint density at radius 2 is 1.77 bits per heavy atom. The molecule has 31 heavy (non-hydrogen) atoms. The van der Waals surface area contributed by atoms with Crippen LogP contribution in [0.5, 0.6) is 0 Å². The fraction of sp³-hybridized carbons (Fsp3) is 0.333. The van der Waals surface area contributed by atoms with Gasteiger partial charge in [0.25, 0.3) is 5.91 Å². The lowest BCUT2D eigenvalue weighted by Gasteiger charge is -2.48. The maximum absolute atomic E-state index is 14.0. The molecule has 2 aliphatic rings. The van der Waals surface area contributed by atoms with Gasteiger partial charge in [0.2, 0.25) is 8.32 Å². The summed E-state index contributed by atoms with van der Waals surface area (Å²) in [5.74, 6) is 0.599. The second-order valence-corrected chi connectivity index (χ2v) is 14.7. The fourth-order valence-electron chi connectivity index (χ4n) is 4.34. The van der Waals surface area contributed by atoms with E-state index in [2.05, 4.69) is 19.6 Å². The molecule has 4 rings (SSSR count). The van der Waals surface area contributed by atoms with E-state index in [4.69, 9.17) is 9.16 Å². The van der Waals surface area contributed by atoms with Gasteiger partial charge in [-0.05, 0) is 55.9 Å². The molecular formula is C24H27NO4SSi. The van der Waals surface area contributed by atoms with Gasteiger partial charge in [-0.25, -0.2) is 9.69 Å². The van der Waals surface area contributed by atoms with Crippen LogP contribution in [0.25, 0.3) is 0 Å². The van der Waals surface area contributed by atoms with E-state index in [0.29, 0.717) is 18.5 Å². The lowest BCUT2D eigenvalue weighted by molar-refractivity contribution is -0.121. The van der Waals surface area contributed by atoms with Gasteiger partial charge in [0.05, 0.1) is 18.6 Å². The minimum atomic E-state index is -1.79. The third-order valence-electron chi connectivity index (χ3n) is 5.56. The molecule has 1 aliphatic carbocycles. The molecule has 0 saturated carbocycles. The van der Waals surface area contributed by atoms with Crippen molar-refractivity contribution in [1.82, 2.24) is 0 Å². The van der Waals surface area contributed by atoms with Gasteiger partial charge < -0.3 is 9.16 Å². The highest BCUT2D eigenvalue weighted by atomic mass is 32.2. The molecular weight excluding hydrogens is 426 g/mol. The number of anilines is 1. The molecule has 0 N–H and O–H groups in total. The number of carbonyl (C=O) groups excluding carboxylic acids is 2. The molecule has 0 spiro atoms. The van der Waals surface area contributed by atoms with Gasteiger partial charge >= 0.3 is 6.09 Å². The first kappa shape index (κ1) is 21.7. The first-order valence-electron chi connectivity index (χ1n) is 10.4. The summed E-state index contributed by atoms with van der Waals surface area (Å²) in [6, 6.07) is 17.5. The van der Waals surface area contributed by atoms with Crippen molar-refractivity contribution in [2.75, 3.05) is 12.0 Å². The van der Waals surface area contributed by atoms with E-state index in [9.17, 15) is 9.59 Å². The van der Waals surface area contributed by atoms with Gasteiger partial charge in [-0.2, -0.15) is 0 Å². The fourth-order valence-corrected chi connectivity index (χ4v) is 6.71. The van der Waals surface area contributed by atoms with Crippen molar-refractivity contribution in [2.45, 2.75) is 48.0 Å². The number of fused-ring (bicyclic) bond motifs is 3. The van der Waals surface area contributed by atoms with Crippen molar-refractivity contribution in [2.24, 2.45) is 0 Å². The SMILES string of the molecule is COC(=O)N1C(=O)[C@@]2(Sc3ccccc3)CC=C(O[Si](C)(C)C)C[C@H]2c2ccccc21. The molecule has 162 valence electrons. The van der Waals surface area contributed by atoms with Crippen LogP contribution in [0.1, 0.15) is 24.3 Å². The van der Waals surface area contributed by atoms with Crippen molar-refractivity contribution in [1.29, 1.82) is 0 Å². The summed E-state index contributed by atoms with van der Waals surface area (Å²) in [5.41, 5.74) is 1.57. The van der Waals surface area contributed by atoms with Crippen LogP contribution in [0.15, 0.2) is 71.3 Å². The molecule has 0 radical (unpaired) electrons. The van der Waals surface area contributed by atoms with Crippen molar-refractivity contribution in [3.63, 3.8) is 0 Å². The molecule has 0 aromatic heterocycles. The quantitative estimate of drug-likeness (QED) is 0.536. The number of ether oxygens (including phenoxy) is 1. The Balaban J connectivity index is 1.87. The van der Waals surface area contributed by atoms with E-state index >= 15 is 0 Å². The van der Waals surface area contributed by atoms with Crippen LogP contribution in [0.3, 0.4) is 0 Å². The van der Waals surface area contributed by atoms with Crippen LogP contribution in [-0.4, -0.2) is 32.2 Å². The number of amides is 2. The van der Waals surface area contributed by atoms with E-state index in [1.54, 1.807) is 0 Å². The lowest BCUT2D eigenvalue weighted by Crippen LogP contribution is -2.57. The van der Waals surface area contributed by atoms with Crippen LogP contribution in [0.4, 0.5) is 10.5 Å². The molecule has 1 aliphatic heterocycles. The maximum atomic E-state index is 14.0. The van der Waals surface area contributed by atoms with Crippen molar-refractivity contribution in [3.8, 4) is 0 Å². The van der Waals surface area contributed by atoms with Gasteiger partial charge in [0.15, 0.2) is 0 Å². The van der Waals surface area contributed by atoms with Crippen LogP contribution < -0.4 is 4.90 Å². The predicted molar refractivity (Wildman–Crippen MR) is 126 cm³/mol. The molecule has 0 bridgehead atoms. The predicted octanol–water partition coefficient (Wildman–Crippen LogP) is 5.94. The number of para-hydroxylation sites is 1. The Bertz CT molecular complexity index is 1030. The summed E-state index contributed by atoms with van der Waals surface area (Å²) in [7, 11) is -0.482. The minimum absolute atomic E-state index is 0.112. The number of hydrogen-bond donors (Lipinski definition) is 0. The van der Waals surface area contributed by atoms with Crippen LogP contribution in [-0.2, 0) is 14.0 Å². The number of rotatable bonds is 4. The monoisotopic (exact) mass is 453 g/mol. The van der Waals surface area contributed by atoms with Crippen LogP contribution >= 0.6 is 11.8 Å². The Hall–Kier alpha value is -2.51. The Morgan fingerprint density at radius 1 is 1.10 bits per heavy atom. The normalized spacial score (nSPS) is 22.8. The summed E-state index contributed by atoms with van der Waals surface area (Å²) >= 11 is 1.53. The van der Waals surface area contributed by atoms with Gasteiger partial charge in [-0.3, -0.25) is 4.79 Å². The molecule has 0 unspecified atom stereocenters. The molecule has 2 atom stereocenters. The summed E-state index contributed by atoms with van der Waals surface area (Å²) in [6.45, 7) is 6.48. The number of nitrogens with zero attached hydrogens (tertiary/aromatic N) is 1. The maximum Gasteiger partial charge on any atom is 0.420 e. The first-order valence-corrected chi connectivity index (χ1v) is 14.6. The molecule has 1 heterocycles. The van der Waals surface area contributed by atoms with Gasteiger partial charge in [0, 0.05) is 17.2 Å². The second-order valence-electron chi connectivity index (χ2n) is 8.82. The topological polar surface area (TPSA) is 55.8 Å². The molecule has 2 aromatic carbocycles. The van der Waals surface area contributed by atoms with E-state index < -0.39 is 19.2 Å². The zero-order valence-electron chi connectivity index (χ0n) is 18.3.